The second-order valence-corrected chi connectivity index (χ2v) is 7.54. The van der Waals surface area contributed by atoms with Crippen molar-refractivity contribution in [1.29, 1.82) is 0 Å². The predicted molar refractivity (Wildman–Crippen MR) is 97.1 cm³/mol. The third kappa shape index (κ3) is 5.75. The highest BCUT2D eigenvalue weighted by atomic mass is 35.5. The zero-order valence-corrected chi connectivity index (χ0v) is 15.7. The van der Waals surface area contributed by atoms with Crippen molar-refractivity contribution in [1.82, 2.24) is 0 Å². The first-order valence-electron chi connectivity index (χ1n) is 7.64. The molecule has 1 amide bonds. The fourth-order valence-corrected chi connectivity index (χ4v) is 2.86. The fraction of sp³-hybridized carbons (Fsp3) is 0.176. The van der Waals surface area contributed by atoms with E-state index < -0.39 is 40.2 Å². The van der Waals surface area contributed by atoms with Gasteiger partial charge in [0.1, 0.15) is 5.82 Å². The highest BCUT2D eigenvalue weighted by molar-refractivity contribution is 7.89. The number of carbonyl (C=O) groups excluding carboxylic acids is 2. The molecule has 0 saturated carbocycles. The predicted octanol–water partition coefficient (Wildman–Crippen LogP) is 2.24. The van der Waals surface area contributed by atoms with Crippen LogP contribution in [0.25, 0.3) is 0 Å². The molecule has 0 aromatic heterocycles. The number of halogens is 2. The minimum absolute atomic E-state index is 0.0182. The number of nitrogens with two attached hydrogens (primary N) is 1. The smallest absolute Gasteiger partial charge is 0.311 e. The molecule has 3 N–H and O–H groups in total. The standard InChI is InChI=1S/C17H16ClFN2O5S/c1-10(26-16(22)9-13-14(18)3-2-4-15(13)19)17(23)21-11-5-7-12(8-6-11)27(20,24)25/h2-8,10H,9H2,1H3,(H,21,23)(H2,20,24,25)/t10-/m1/s1. The molecule has 0 aliphatic heterocycles. The Morgan fingerprint density at radius 2 is 1.85 bits per heavy atom. The molecule has 144 valence electrons. The van der Waals surface area contributed by atoms with Crippen LogP contribution in [0.2, 0.25) is 5.02 Å². The zero-order valence-electron chi connectivity index (χ0n) is 14.1. The Morgan fingerprint density at radius 3 is 2.41 bits per heavy atom. The summed E-state index contributed by atoms with van der Waals surface area (Å²) in [6.45, 7) is 1.34. The van der Waals surface area contributed by atoms with Crippen LogP contribution in [0.3, 0.4) is 0 Å². The van der Waals surface area contributed by atoms with Crippen molar-refractivity contribution in [3.05, 3.63) is 58.9 Å². The first-order chi connectivity index (χ1) is 12.6. The number of hydrogen-bond acceptors (Lipinski definition) is 5. The number of carbonyl (C=O) groups is 2. The maximum atomic E-state index is 13.7. The van der Waals surface area contributed by atoms with E-state index >= 15 is 0 Å². The van der Waals surface area contributed by atoms with Crippen molar-refractivity contribution in [3.63, 3.8) is 0 Å². The molecule has 2 aromatic carbocycles. The monoisotopic (exact) mass is 414 g/mol. The highest BCUT2D eigenvalue weighted by Gasteiger charge is 2.20. The van der Waals surface area contributed by atoms with Gasteiger partial charge in [0, 0.05) is 16.3 Å². The van der Waals surface area contributed by atoms with Crippen LogP contribution in [-0.2, 0) is 30.8 Å². The summed E-state index contributed by atoms with van der Waals surface area (Å²) in [6, 6.07) is 9.13. The van der Waals surface area contributed by atoms with Gasteiger partial charge in [0.25, 0.3) is 5.91 Å². The van der Waals surface area contributed by atoms with E-state index in [1.165, 1.54) is 43.3 Å². The maximum absolute atomic E-state index is 13.7. The lowest BCUT2D eigenvalue weighted by atomic mass is 10.1. The van der Waals surface area contributed by atoms with Crippen LogP contribution >= 0.6 is 11.6 Å². The van der Waals surface area contributed by atoms with Gasteiger partial charge in [0.2, 0.25) is 10.0 Å². The zero-order chi connectivity index (χ0) is 20.2. The molecule has 0 aliphatic carbocycles. The SMILES string of the molecule is C[C@@H](OC(=O)Cc1c(F)cccc1Cl)C(=O)Nc1ccc(S(N)(=O)=O)cc1. The van der Waals surface area contributed by atoms with Gasteiger partial charge in [-0.2, -0.15) is 0 Å². The van der Waals surface area contributed by atoms with E-state index in [2.05, 4.69) is 5.32 Å². The molecule has 0 fully saturated rings. The summed E-state index contributed by atoms with van der Waals surface area (Å²) in [5.74, 6) is -2.12. The lowest BCUT2D eigenvalue weighted by molar-refractivity contribution is -0.152. The lowest BCUT2D eigenvalue weighted by Crippen LogP contribution is -2.30. The first-order valence-corrected chi connectivity index (χ1v) is 9.56. The number of primary sulfonamides is 1. The van der Waals surface area contributed by atoms with E-state index in [4.69, 9.17) is 21.5 Å². The van der Waals surface area contributed by atoms with Crippen molar-refractivity contribution in [2.45, 2.75) is 24.3 Å². The largest absolute Gasteiger partial charge is 0.452 e. The molecule has 2 aromatic rings. The fourth-order valence-electron chi connectivity index (χ4n) is 2.11. The number of esters is 1. The van der Waals surface area contributed by atoms with Gasteiger partial charge in [0.15, 0.2) is 6.10 Å². The van der Waals surface area contributed by atoms with E-state index in [0.717, 1.165) is 6.07 Å². The molecule has 0 saturated heterocycles. The van der Waals surface area contributed by atoms with E-state index in [0.29, 0.717) is 0 Å². The molecular weight excluding hydrogens is 399 g/mol. The number of ether oxygens (including phenoxy) is 1. The van der Waals surface area contributed by atoms with Crippen molar-refractivity contribution in [2.75, 3.05) is 5.32 Å². The van der Waals surface area contributed by atoms with Crippen LogP contribution in [-0.4, -0.2) is 26.4 Å². The summed E-state index contributed by atoms with van der Waals surface area (Å²) < 4.78 is 41.1. The Labute approximate surface area is 160 Å². The molecule has 0 radical (unpaired) electrons. The number of benzene rings is 2. The molecule has 1 atom stereocenters. The van der Waals surface area contributed by atoms with E-state index in [1.807, 2.05) is 0 Å². The Balaban J connectivity index is 1.96. The van der Waals surface area contributed by atoms with Gasteiger partial charge in [-0.3, -0.25) is 9.59 Å². The molecule has 10 heteroatoms. The summed E-state index contributed by atoms with van der Waals surface area (Å²) in [6.07, 6.45) is -1.59. The minimum Gasteiger partial charge on any atom is -0.452 e. The number of hydrogen-bond donors (Lipinski definition) is 2. The number of anilines is 1. The third-order valence-corrected chi connectivity index (χ3v) is 4.79. The minimum atomic E-state index is -3.84. The quantitative estimate of drug-likeness (QED) is 0.703. The highest BCUT2D eigenvalue weighted by Crippen LogP contribution is 2.20. The van der Waals surface area contributed by atoms with Crippen molar-refractivity contribution >= 4 is 39.2 Å². The Bertz CT molecular complexity index is 944. The van der Waals surface area contributed by atoms with Gasteiger partial charge in [0.05, 0.1) is 11.3 Å². The molecule has 0 aliphatic rings. The second kappa shape index (κ2) is 8.47. The van der Waals surface area contributed by atoms with Crippen molar-refractivity contribution < 1.29 is 27.1 Å². The summed E-state index contributed by atoms with van der Waals surface area (Å²) in [5.41, 5.74) is 0.266. The average Bonchev–Trinajstić information content (AvgIpc) is 2.58. The third-order valence-electron chi connectivity index (χ3n) is 3.51. The van der Waals surface area contributed by atoms with Gasteiger partial charge in [-0.1, -0.05) is 17.7 Å². The van der Waals surface area contributed by atoms with E-state index in [-0.39, 0.29) is 21.2 Å². The van der Waals surface area contributed by atoms with Crippen LogP contribution < -0.4 is 10.5 Å². The molecule has 7 nitrogen and oxygen atoms in total. The lowest BCUT2D eigenvalue weighted by Gasteiger charge is -2.14. The van der Waals surface area contributed by atoms with Gasteiger partial charge < -0.3 is 10.1 Å². The Hall–Kier alpha value is -2.49. The van der Waals surface area contributed by atoms with Gasteiger partial charge >= 0.3 is 5.97 Å². The second-order valence-electron chi connectivity index (χ2n) is 5.57. The molecule has 2 rings (SSSR count). The van der Waals surface area contributed by atoms with Crippen LogP contribution in [0.5, 0.6) is 0 Å². The summed E-state index contributed by atoms with van der Waals surface area (Å²) >= 11 is 5.85. The molecule has 0 heterocycles. The number of amides is 1. The number of sulfonamides is 1. The van der Waals surface area contributed by atoms with E-state index in [1.54, 1.807) is 0 Å². The van der Waals surface area contributed by atoms with Gasteiger partial charge in [-0.15, -0.1) is 0 Å². The molecule has 0 unspecified atom stereocenters. The van der Waals surface area contributed by atoms with Crippen molar-refractivity contribution in [2.24, 2.45) is 5.14 Å². The van der Waals surface area contributed by atoms with Gasteiger partial charge in [-0.25, -0.2) is 17.9 Å². The molecular formula is C17H16ClFN2O5S. The summed E-state index contributed by atoms with van der Waals surface area (Å²) in [4.78, 5) is 23.9. The Kier molecular flexibility index (Phi) is 6.53. The van der Waals surface area contributed by atoms with Crippen LogP contribution in [0.15, 0.2) is 47.4 Å². The van der Waals surface area contributed by atoms with Crippen LogP contribution in [0.1, 0.15) is 12.5 Å². The molecule has 0 bridgehead atoms. The number of rotatable bonds is 6. The first kappa shape index (κ1) is 20.8. The summed E-state index contributed by atoms with van der Waals surface area (Å²) in [7, 11) is -3.84. The van der Waals surface area contributed by atoms with Gasteiger partial charge in [-0.05, 0) is 43.3 Å². The number of nitrogens with one attached hydrogen (secondary N) is 1. The summed E-state index contributed by atoms with van der Waals surface area (Å²) in [5, 5.41) is 7.53. The maximum Gasteiger partial charge on any atom is 0.311 e. The average molecular weight is 415 g/mol. The van der Waals surface area contributed by atoms with Crippen molar-refractivity contribution in [3.8, 4) is 0 Å². The van der Waals surface area contributed by atoms with E-state index in [9.17, 15) is 22.4 Å². The van der Waals surface area contributed by atoms with Crippen LogP contribution in [0.4, 0.5) is 10.1 Å². The van der Waals surface area contributed by atoms with Crippen LogP contribution in [0, 0.1) is 5.82 Å². The normalized spacial score (nSPS) is 12.3. The molecule has 0 spiro atoms. The molecule has 27 heavy (non-hydrogen) atoms. The Morgan fingerprint density at radius 1 is 1.22 bits per heavy atom. The topological polar surface area (TPSA) is 116 Å².